The zero-order chi connectivity index (χ0) is 11.5. The molecule has 0 unspecified atom stereocenters. The highest BCUT2D eigenvalue weighted by Crippen LogP contribution is 2.29. The van der Waals surface area contributed by atoms with Crippen molar-refractivity contribution in [3.63, 3.8) is 0 Å². The highest BCUT2D eigenvalue weighted by molar-refractivity contribution is 6.71. The van der Waals surface area contributed by atoms with Crippen molar-refractivity contribution in [1.82, 2.24) is 0 Å². The number of quaternary nitrogens is 1. The van der Waals surface area contributed by atoms with E-state index in [1.165, 1.54) is 0 Å². The Hall–Kier alpha value is -0.0382. The van der Waals surface area contributed by atoms with Gasteiger partial charge in [-0.3, -0.25) is 0 Å². The van der Waals surface area contributed by atoms with E-state index in [1.807, 2.05) is 0 Å². The molecule has 0 aliphatic rings. The van der Waals surface area contributed by atoms with Crippen molar-refractivity contribution >= 4 is 15.5 Å². The van der Waals surface area contributed by atoms with Crippen molar-refractivity contribution in [2.45, 2.75) is 38.9 Å². The Morgan fingerprint density at radius 3 is 1.08 bits per heavy atom. The van der Waals surface area contributed by atoms with Gasteiger partial charge in [0.05, 0.1) is 0 Å². The molecule has 0 spiro atoms. The Balaban J connectivity index is 0. The summed E-state index contributed by atoms with van der Waals surface area (Å²) in [4.78, 5) is 0. The maximum atomic E-state index is 9.75. The highest BCUT2D eigenvalue weighted by atomic mass is 28.3. The maximum Gasteiger partial charge on any atom is 0.673 e. The van der Waals surface area contributed by atoms with Crippen LogP contribution in [0.25, 0.3) is 0 Å². The van der Waals surface area contributed by atoms with Gasteiger partial charge in [0, 0.05) is 5.04 Å². The molecule has 0 saturated carbocycles. The predicted molar refractivity (Wildman–Crippen MR) is 50.3 cm³/mol. The third-order valence-corrected chi connectivity index (χ3v) is 6.09. The van der Waals surface area contributed by atoms with E-state index < -0.39 is 15.5 Å². The van der Waals surface area contributed by atoms with Crippen LogP contribution in [-0.4, -0.2) is 15.5 Å². The molecule has 13 heavy (non-hydrogen) atoms. The van der Waals surface area contributed by atoms with Crippen molar-refractivity contribution in [1.29, 1.82) is 0 Å². The third-order valence-electron chi connectivity index (χ3n) is 2.03. The molecule has 0 rings (SSSR count). The Kier molecular flexibility index (Phi) is 5.29. The lowest BCUT2D eigenvalue weighted by atomic mass is 10.2. The first-order valence-corrected chi connectivity index (χ1v) is 7.18. The Labute approximate surface area is 77.9 Å². The Morgan fingerprint density at radius 2 is 1.08 bits per heavy atom. The summed E-state index contributed by atoms with van der Waals surface area (Å²) in [6.07, 6.45) is 0. The van der Waals surface area contributed by atoms with E-state index in [0.29, 0.717) is 5.04 Å². The minimum Gasteiger partial charge on any atom is -0.418 e. The molecule has 0 radical (unpaired) electrons. The number of hydrogen-bond donors (Lipinski definition) is 1. The average molecular weight is 219 g/mol. The highest BCUT2D eigenvalue weighted by Gasteiger charge is 2.37. The molecular weight excluding hydrogens is 201 g/mol. The molecule has 0 aromatic carbocycles. The van der Waals surface area contributed by atoms with Gasteiger partial charge >= 0.3 is 7.25 Å². The summed E-state index contributed by atoms with van der Waals surface area (Å²) in [5.41, 5.74) is 0. The van der Waals surface area contributed by atoms with E-state index in [0.717, 1.165) is 0 Å². The monoisotopic (exact) mass is 219 g/mol. The lowest BCUT2D eigenvalue weighted by molar-refractivity contribution is -0.211. The summed E-state index contributed by atoms with van der Waals surface area (Å²) in [6, 6.07) is 0. The molecule has 0 saturated heterocycles. The molecule has 0 atom stereocenters. The first-order valence-electron chi connectivity index (χ1n) is 3.98. The molecule has 0 bridgehead atoms. The largest absolute Gasteiger partial charge is 0.673 e. The quantitative estimate of drug-likeness (QED) is 0.479. The van der Waals surface area contributed by atoms with Gasteiger partial charge < -0.3 is 22.7 Å². The van der Waals surface area contributed by atoms with Gasteiger partial charge in [0.15, 0.2) is 0 Å². The van der Waals surface area contributed by atoms with Crippen LogP contribution in [0.15, 0.2) is 0 Å². The average Bonchev–Trinajstić information content (AvgIpc) is 1.50. The molecule has 1 nitrogen and oxygen atoms in total. The molecule has 0 amide bonds. The van der Waals surface area contributed by atoms with Crippen molar-refractivity contribution in [2.24, 2.45) is 0 Å². The number of halogens is 4. The molecule has 0 heterocycles. The van der Waals surface area contributed by atoms with Gasteiger partial charge in [0.2, 0.25) is 0 Å². The molecule has 0 aliphatic heterocycles. The van der Waals surface area contributed by atoms with E-state index in [-0.39, 0.29) is 0 Å². The maximum absolute atomic E-state index is 9.75. The smallest absolute Gasteiger partial charge is 0.418 e. The van der Waals surface area contributed by atoms with Crippen LogP contribution in [0.4, 0.5) is 17.3 Å². The summed E-state index contributed by atoms with van der Waals surface area (Å²) in [7, 11) is -7.11. The van der Waals surface area contributed by atoms with Crippen LogP contribution in [-0.2, 0) is 0 Å². The molecule has 7 heteroatoms. The normalized spacial score (nSPS) is 13.4. The fourth-order valence-corrected chi connectivity index (χ4v) is 0. The van der Waals surface area contributed by atoms with E-state index in [4.69, 9.17) is 0 Å². The molecule has 0 aromatic heterocycles. The molecule has 0 aromatic rings. The van der Waals surface area contributed by atoms with Crippen LogP contribution in [0.1, 0.15) is 20.8 Å². The zero-order valence-electron chi connectivity index (χ0n) is 8.80. The van der Waals surface area contributed by atoms with Gasteiger partial charge in [-0.15, -0.1) is 0 Å². The van der Waals surface area contributed by atoms with Gasteiger partial charge in [0.1, 0.15) is 0 Å². The lowest BCUT2D eigenvalue weighted by Crippen LogP contribution is -2.77. The minimum atomic E-state index is -6.00. The van der Waals surface area contributed by atoms with Crippen LogP contribution in [0.3, 0.4) is 0 Å². The van der Waals surface area contributed by atoms with E-state index in [1.54, 1.807) is 0 Å². The van der Waals surface area contributed by atoms with Crippen molar-refractivity contribution in [2.75, 3.05) is 0 Å². The standard InChI is InChI=1S/C6H18NSi.BF4/c1-6(2,3)8(4,5)7;2-1(3,4)5/h1-5,7H3;/q+1;-1. The summed E-state index contributed by atoms with van der Waals surface area (Å²) in [5.74, 6) is 0. The zero-order valence-corrected chi connectivity index (χ0v) is 9.80. The van der Waals surface area contributed by atoms with Crippen LogP contribution in [0.5, 0.6) is 0 Å². The second kappa shape index (κ2) is 4.46. The second-order valence-corrected chi connectivity index (χ2v) is 9.90. The van der Waals surface area contributed by atoms with Gasteiger partial charge in [-0.2, -0.15) is 0 Å². The summed E-state index contributed by atoms with van der Waals surface area (Å²) in [5, 5.41) is 4.65. The molecule has 3 N–H and O–H groups in total. The number of hydrogen-bond acceptors (Lipinski definition) is 0. The van der Waals surface area contributed by atoms with Crippen LogP contribution in [0.2, 0.25) is 18.1 Å². The SMILES string of the molecule is CC(C)(C)[Si](C)(C)[NH3+].F[B-](F)(F)F. The third kappa shape index (κ3) is 14.8. The molecule has 0 aliphatic carbocycles. The summed E-state index contributed by atoms with van der Waals surface area (Å²) < 4.78 is 39.0. The fraction of sp³-hybridized carbons (Fsp3) is 1.00. The van der Waals surface area contributed by atoms with Gasteiger partial charge in [-0.1, -0.05) is 20.8 Å². The minimum absolute atomic E-state index is 0.465. The van der Waals surface area contributed by atoms with Gasteiger partial charge in [0.25, 0.3) is 8.24 Å². The second-order valence-electron chi connectivity index (χ2n) is 4.63. The predicted octanol–water partition coefficient (Wildman–Crippen LogP) is 2.53. The van der Waals surface area contributed by atoms with Crippen molar-refractivity contribution < 1.29 is 22.7 Å². The molecule has 82 valence electrons. The van der Waals surface area contributed by atoms with Crippen LogP contribution < -0.4 is 5.40 Å². The van der Waals surface area contributed by atoms with E-state index in [9.17, 15) is 17.3 Å². The van der Waals surface area contributed by atoms with E-state index >= 15 is 0 Å². The van der Waals surface area contributed by atoms with Gasteiger partial charge in [-0.25, -0.2) is 0 Å². The molecular formula is C6H18BF4NSi. The first-order chi connectivity index (χ1) is 5.25. The van der Waals surface area contributed by atoms with Crippen molar-refractivity contribution in [3.8, 4) is 0 Å². The van der Waals surface area contributed by atoms with Crippen molar-refractivity contribution in [3.05, 3.63) is 0 Å². The van der Waals surface area contributed by atoms with Crippen LogP contribution >= 0.6 is 0 Å². The number of rotatable bonds is 0. The molecule has 0 fully saturated rings. The van der Waals surface area contributed by atoms with Crippen LogP contribution in [0, 0.1) is 0 Å². The first kappa shape index (κ1) is 15.4. The van der Waals surface area contributed by atoms with E-state index in [2.05, 4.69) is 39.3 Å². The topological polar surface area (TPSA) is 27.6 Å². The lowest BCUT2D eigenvalue weighted by Gasteiger charge is -2.26. The van der Waals surface area contributed by atoms with Gasteiger partial charge in [-0.05, 0) is 13.1 Å². The summed E-state index contributed by atoms with van der Waals surface area (Å²) in [6.45, 7) is 11.4. The fourth-order valence-electron chi connectivity index (χ4n) is 0. The Morgan fingerprint density at radius 1 is 1.00 bits per heavy atom. The summed E-state index contributed by atoms with van der Waals surface area (Å²) >= 11 is 0. The Bertz CT molecular complexity index is 128.